The number of benzene rings is 1. The lowest BCUT2D eigenvalue weighted by molar-refractivity contribution is -0.125. The first-order chi connectivity index (χ1) is 12.2. The second kappa shape index (κ2) is 6.27. The molecule has 0 fully saturated rings. The minimum atomic E-state index is -0.730. The third-order valence-corrected chi connectivity index (χ3v) is 3.90. The van der Waals surface area contributed by atoms with Crippen LogP contribution in [-0.2, 0) is 4.79 Å². The van der Waals surface area contributed by atoms with E-state index in [0.29, 0.717) is 23.0 Å². The van der Waals surface area contributed by atoms with Crippen LogP contribution in [-0.4, -0.2) is 33.2 Å². The molecule has 0 radical (unpaired) electrons. The smallest absolute Gasteiger partial charge is 0.269 e. The summed E-state index contributed by atoms with van der Waals surface area (Å²) < 4.78 is 13.2. The van der Waals surface area contributed by atoms with Gasteiger partial charge < -0.3 is 14.8 Å². The Morgan fingerprint density at radius 1 is 1.16 bits per heavy atom. The maximum atomic E-state index is 12.6. The van der Waals surface area contributed by atoms with Gasteiger partial charge in [0.25, 0.3) is 5.91 Å². The molecular weight excluding hydrogens is 320 g/mol. The lowest BCUT2D eigenvalue weighted by atomic mass is 10.2. The molecule has 0 bridgehead atoms. The van der Waals surface area contributed by atoms with Crippen LogP contribution >= 0.6 is 0 Å². The van der Waals surface area contributed by atoms with Crippen LogP contribution in [0.5, 0.6) is 11.5 Å². The molecule has 0 saturated carbocycles. The lowest BCUT2D eigenvalue weighted by Gasteiger charge is -2.25. The van der Waals surface area contributed by atoms with Gasteiger partial charge in [0.1, 0.15) is 12.4 Å². The maximum absolute atomic E-state index is 12.6. The fraction of sp³-hybridized carbons (Fsp3) is 0.167. The largest absolute Gasteiger partial charge is 0.485 e. The summed E-state index contributed by atoms with van der Waals surface area (Å²) in [5.41, 5.74) is 0.580. The van der Waals surface area contributed by atoms with Crippen molar-refractivity contribution in [2.75, 3.05) is 11.9 Å². The first-order valence-corrected chi connectivity index (χ1v) is 7.87. The van der Waals surface area contributed by atoms with Gasteiger partial charge in [-0.2, -0.15) is 0 Å². The highest BCUT2D eigenvalue weighted by molar-refractivity contribution is 5.96. The van der Waals surface area contributed by atoms with Crippen molar-refractivity contribution in [3.8, 4) is 17.3 Å². The molecule has 7 nitrogen and oxygen atoms in total. The Labute approximate surface area is 144 Å². The number of aromatic nitrogens is 3. The van der Waals surface area contributed by atoms with Gasteiger partial charge in [-0.25, -0.2) is 9.97 Å². The van der Waals surface area contributed by atoms with Crippen LogP contribution in [0.4, 0.5) is 5.69 Å². The normalized spacial score (nSPS) is 15.6. The summed E-state index contributed by atoms with van der Waals surface area (Å²) >= 11 is 0. The van der Waals surface area contributed by atoms with Gasteiger partial charge in [-0.3, -0.25) is 9.36 Å². The number of carbonyl (C=O) groups is 1. The van der Waals surface area contributed by atoms with Crippen molar-refractivity contribution in [3.63, 3.8) is 0 Å². The van der Waals surface area contributed by atoms with E-state index in [4.69, 9.17) is 9.47 Å². The van der Waals surface area contributed by atoms with Crippen LogP contribution in [0.25, 0.3) is 5.82 Å². The first kappa shape index (κ1) is 15.2. The predicted molar refractivity (Wildman–Crippen MR) is 91.1 cm³/mol. The van der Waals surface area contributed by atoms with Crippen molar-refractivity contribution in [3.05, 3.63) is 60.8 Å². The highest BCUT2D eigenvalue weighted by Crippen LogP contribution is 2.31. The minimum absolute atomic E-state index is 0.155. The summed E-state index contributed by atoms with van der Waals surface area (Å²) in [4.78, 5) is 21.2. The lowest BCUT2D eigenvalue weighted by Crippen LogP contribution is -2.40. The molecule has 1 aromatic carbocycles. The molecule has 126 valence electrons. The number of ether oxygens (including phenoxy) is 2. The number of hydrogen-bond donors (Lipinski definition) is 1. The van der Waals surface area contributed by atoms with E-state index < -0.39 is 6.10 Å². The molecule has 1 atom stereocenters. The second-order valence-corrected chi connectivity index (χ2v) is 5.57. The molecule has 0 spiro atoms. The molecule has 7 heteroatoms. The van der Waals surface area contributed by atoms with Crippen LogP contribution in [0.2, 0.25) is 0 Å². The average molecular weight is 336 g/mol. The second-order valence-electron chi connectivity index (χ2n) is 5.57. The molecule has 1 N–H and O–H groups in total. The molecule has 1 amide bonds. The molecule has 0 unspecified atom stereocenters. The Bertz CT molecular complexity index is 922. The minimum Gasteiger partial charge on any atom is -0.485 e. The Kier molecular flexibility index (Phi) is 3.81. The Morgan fingerprint density at radius 2 is 2.00 bits per heavy atom. The zero-order chi connectivity index (χ0) is 17.2. The topological polar surface area (TPSA) is 78.3 Å². The zero-order valence-corrected chi connectivity index (χ0v) is 13.5. The quantitative estimate of drug-likeness (QED) is 0.794. The molecule has 0 saturated heterocycles. The van der Waals surface area contributed by atoms with Crippen LogP contribution in [0.15, 0.2) is 55.0 Å². The van der Waals surface area contributed by atoms with Crippen LogP contribution < -0.4 is 14.8 Å². The van der Waals surface area contributed by atoms with Gasteiger partial charge in [0.15, 0.2) is 17.3 Å². The molecule has 1 aliphatic heterocycles. The number of rotatable bonds is 3. The van der Waals surface area contributed by atoms with Crippen molar-refractivity contribution in [1.82, 2.24) is 14.5 Å². The van der Waals surface area contributed by atoms with Gasteiger partial charge in [-0.15, -0.1) is 0 Å². The summed E-state index contributed by atoms with van der Waals surface area (Å²) in [7, 11) is 0. The van der Waals surface area contributed by atoms with E-state index in [1.165, 1.54) is 0 Å². The molecule has 0 aliphatic carbocycles. The van der Waals surface area contributed by atoms with Crippen molar-refractivity contribution in [2.45, 2.75) is 13.0 Å². The molecule has 1 aliphatic rings. The van der Waals surface area contributed by atoms with E-state index in [-0.39, 0.29) is 12.5 Å². The third kappa shape index (κ3) is 2.91. The van der Waals surface area contributed by atoms with Crippen molar-refractivity contribution < 1.29 is 14.3 Å². The summed E-state index contributed by atoms with van der Waals surface area (Å²) in [6.07, 6.45) is 4.42. The van der Waals surface area contributed by atoms with Gasteiger partial charge in [-0.1, -0.05) is 12.1 Å². The fourth-order valence-electron chi connectivity index (χ4n) is 2.65. The van der Waals surface area contributed by atoms with Gasteiger partial charge in [0.2, 0.25) is 6.10 Å². The fourth-order valence-corrected chi connectivity index (χ4v) is 2.65. The number of carbonyl (C=O) groups excluding carboxylic acids is 1. The summed E-state index contributed by atoms with van der Waals surface area (Å²) in [5.74, 6) is 2.29. The molecular formula is C18H16N4O3. The zero-order valence-electron chi connectivity index (χ0n) is 13.5. The Morgan fingerprint density at radius 3 is 2.80 bits per heavy atom. The third-order valence-electron chi connectivity index (χ3n) is 3.90. The number of imidazole rings is 1. The SMILES string of the molecule is Cc1nccn1-c1ncccc1NC(=O)[C@@H]1COc2ccccc2O1. The molecule has 2 aromatic heterocycles. The van der Waals surface area contributed by atoms with Crippen LogP contribution in [0, 0.1) is 6.92 Å². The van der Waals surface area contributed by atoms with Crippen LogP contribution in [0.3, 0.4) is 0 Å². The number of hydrogen-bond acceptors (Lipinski definition) is 5. The molecule has 4 rings (SSSR count). The van der Waals surface area contributed by atoms with Crippen molar-refractivity contribution in [1.29, 1.82) is 0 Å². The van der Waals surface area contributed by atoms with Gasteiger partial charge in [0.05, 0.1) is 5.69 Å². The van der Waals surface area contributed by atoms with E-state index in [9.17, 15) is 4.79 Å². The van der Waals surface area contributed by atoms with Gasteiger partial charge >= 0.3 is 0 Å². The number of nitrogens with zero attached hydrogens (tertiary/aromatic N) is 3. The highest BCUT2D eigenvalue weighted by atomic mass is 16.6. The van der Waals surface area contributed by atoms with E-state index in [0.717, 1.165) is 5.82 Å². The molecule has 3 aromatic rings. The maximum Gasteiger partial charge on any atom is 0.269 e. The number of pyridine rings is 1. The number of fused-ring (bicyclic) bond motifs is 1. The monoisotopic (exact) mass is 336 g/mol. The van der Waals surface area contributed by atoms with Crippen molar-refractivity contribution >= 4 is 11.6 Å². The van der Waals surface area contributed by atoms with Gasteiger partial charge in [-0.05, 0) is 31.2 Å². The number of para-hydroxylation sites is 2. The summed E-state index contributed by atoms with van der Waals surface area (Å²) in [6, 6.07) is 10.8. The molecule has 3 heterocycles. The average Bonchev–Trinajstić information content (AvgIpc) is 3.07. The van der Waals surface area contributed by atoms with E-state index in [2.05, 4.69) is 15.3 Å². The number of nitrogens with one attached hydrogen (secondary N) is 1. The summed E-state index contributed by atoms with van der Waals surface area (Å²) in [6.45, 7) is 2.03. The standard InChI is InChI=1S/C18H16N4O3/c1-12-19-9-10-22(12)17-13(5-4-8-20-17)21-18(23)16-11-24-14-6-2-3-7-15(14)25-16/h2-10,16H,11H2,1H3,(H,21,23)/t16-/m0/s1. The van der Waals surface area contributed by atoms with Gasteiger partial charge in [0, 0.05) is 18.6 Å². The number of anilines is 1. The number of aryl methyl sites for hydroxylation is 1. The Hall–Kier alpha value is -3.35. The van der Waals surface area contributed by atoms with Crippen molar-refractivity contribution in [2.24, 2.45) is 0 Å². The van der Waals surface area contributed by atoms with E-state index >= 15 is 0 Å². The number of amides is 1. The van der Waals surface area contributed by atoms with Crippen LogP contribution in [0.1, 0.15) is 5.82 Å². The summed E-state index contributed by atoms with van der Waals surface area (Å²) in [5, 5.41) is 2.87. The van der Waals surface area contributed by atoms with E-state index in [1.807, 2.05) is 29.7 Å². The predicted octanol–water partition coefficient (Wildman–Crippen LogP) is 2.35. The van der Waals surface area contributed by atoms with E-state index in [1.54, 1.807) is 36.8 Å². The Balaban J connectivity index is 1.56. The molecule has 25 heavy (non-hydrogen) atoms. The highest BCUT2D eigenvalue weighted by Gasteiger charge is 2.28. The first-order valence-electron chi connectivity index (χ1n) is 7.87.